The van der Waals surface area contributed by atoms with Crippen LogP contribution in [0.15, 0.2) is 268 Å². The lowest BCUT2D eigenvalue weighted by Gasteiger charge is -2.22. The molecule has 144 heavy (non-hydrogen) atoms. The highest BCUT2D eigenvalue weighted by molar-refractivity contribution is 6.41. The van der Waals surface area contributed by atoms with E-state index in [0.29, 0.717) is 0 Å². The van der Waals surface area contributed by atoms with Crippen molar-refractivity contribution in [2.45, 2.75) is 50.9 Å². The first-order valence-electron chi connectivity index (χ1n) is 40.0. The molecule has 0 amide bonds. The van der Waals surface area contributed by atoms with Gasteiger partial charge in [-0.1, -0.05) is 48.5 Å². The maximum atomic E-state index is 13.9. The molecule has 8 heterocycles. The van der Waals surface area contributed by atoms with Gasteiger partial charge in [-0.25, -0.2) is 0 Å². The first-order chi connectivity index (χ1) is 67.9. The Morgan fingerprint density at radius 2 is 0.250 bits per heavy atom. The number of aromatic nitrogens is 8. The lowest BCUT2D eigenvalue weighted by Crippen LogP contribution is -2.17. The lowest BCUT2D eigenvalue weighted by atomic mass is 9.83. The zero-order chi connectivity index (χ0) is 104. The molecule has 0 spiro atoms. The van der Waals surface area contributed by atoms with Crippen LogP contribution in [0.5, 0.6) is 46.0 Å². The van der Waals surface area contributed by atoms with Crippen LogP contribution in [0.4, 0.5) is 105 Å². The summed E-state index contributed by atoms with van der Waals surface area (Å²) in [5.41, 5.74) is -2.20. The lowest BCUT2D eigenvalue weighted by molar-refractivity contribution is -0.275. The maximum absolute atomic E-state index is 13.9. The zero-order valence-corrected chi connectivity index (χ0v) is 77.2. The van der Waals surface area contributed by atoms with Crippen molar-refractivity contribution in [1.82, 2.24) is 39.9 Å². The summed E-state index contributed by atoms with van der Waals surface area (Å²) >= 11 is 38.1. The average Bonchev–Trinajstić information content (AvgIpc) is 0.730. The number of hydrogen-bond donors (Lipinski definition) is 0. The molecule has 18 aromatic rings. The van der Waals surface area contributed by atoms with Crippen LogP contribution in [0.25, 0.3) is 176 Å². The van der Waals surface area contributed by atoms with Crippen LogP contribution < -0.4 is 37.9 Å². The van der Waals surface area contributed by atoms with E-state index in [2.05, 4.69) is 77.8 Å². The van der Waals surface area contributed by atoms with E-state index in [1.54, 1.807) is 0 Å². The first kappa shape index (κ1) is 108. The molecule has 0 aliphatic heterocycles. The van der Waals surface area contributed by atoms with E-state index < -0.39 is 96.9 Å². The van der Waals surface area contributed by atoms with Crippen LogP contribution in [0.3, 0.4) is 0 Å². The van der Waals surface area contributed by atoms with Crippen molar-refractivity contribution in [2.75, 3.05) is 21.4 Å². The van der Waals surface area contributed by atoms with Gasteiger partial charge in [-0.2, -0.15) is 0 Å². The minimum atomic E-state index is -5.24. The van der Waals surface area contributed by atoms with E-state index in [9.17, 15) is 105 Å². The third kappa shape index (κ3) is 27.7. The maximum Gasteiger partial charge on any atom is 0.573 e. The van der Waals surface area contributed by atoms with E-state index in [0.717, 1.165) is 97.1 Å². The molecule has 0 aliphatic rings. The van der Waals surface area contributed by atoms with Crippen LogP contribution in [0.2, 0.25) is 0 Å². The monoisotopic (exact) mass is 2180 g/mol. The molecule has 0 N–H and O–H groups in total. The number of rotatable bonds is 16. The van der Waals surface area contributed by atoms with Gasteiger partial charge in [-0.05, 0) is 214 Å². The minimum absolute atomic E-state index is 0.0109. The Labute approximate surface area is 833 Å². The summed E-state index contributed by atoms with van der Waals surface area (Å²) < 4.78 is 369. The molecule has 0 saturated carbocycles. The van der Waals surface area contributed by atoms with E-state index in [4.69, 9.17) is 92.8 Å². The highest BCUT2D eigenvalue weighted by atomic mass is 35.5. The van der Waals surface area contributed by atoms with Crippen LogP contribution in [0.1, 0.15) is 0 Å². The Morgan fingerprint density at radius 1 is 0.153 bits per heavy atom. The largest absolute Gasteiger partial charge is 0.573 e. The number of ether oxygens (including phenoxy) is 8. The normalized spacial score (nSPS) is 12.0. The molecule has 10 aromatic carbocycles. The van der Waals surface area contributed by atoms with Gasteiger partial charge in [0, 0.05) is 137 Å². The van der Waals surface area contributed by atoms with Gasteiger partial charge >= 0.3 is 50.9 Å². The highest BCUT2D eigenvalue weighted by Gasteiger charge is 2.40. The molecule has 0 fully saturated rings. The molecule has 0 saturated heterocycles. The van der Waals surface area contributed by atoms with Crippen LogP contribution in [-0.2, 0) is 0 Å². The van der Waals surface area contributed by atoms with E-state index in [1.165, 1.54) is 171 Å². The smallest absolute Gasteiger partial charge is 0.406 e. The van der Waals surface area contributed by atoms with Gasteiger partial charge in [0.2, 0.25) is 0 Å². The number of pyridine rings is 8. The number of alkyl halides is 32. The van der Waals surface area contributed by atoms with Crippen LogP contribution >= 0.6 is 92.8 Å². The molecule has 0 unspecified atom stereocenters. The minimum Gasteiger partial charge on any atom is -0.406 e. The molecule has 16 nitrogen and oxygen atoms in total. The SMILES string of the molecule is ClCCl.ClCCl.ClCCl.ClCCl.FC(F)(F)Oc1cc(-c2cc(-c3cc(OC(F)(F)F)cc4cccnc34)c(-c3cc(OC(F)(F)F)cc4cccnc34)cc2-c2cc(OC(F)(F)F)cc3cccnc23)c2ncccc2c1.FC(F)(F)Oc1cc(-c2cc(-c3cc(OC(F)(F)F)cc4cccnc34)c(-c3cc(OC(F)(F)F)cc4cccnc34)cc2-c2cc(OC(F)(F)F)cc3cccnc23)c2ncccc2c1. The van der Waals surface area contributed by atoms with E-state index in [-0.39, 0.29) is 198 Å². The Morgan fingerprint density at radius 3 is 0.340 bits per heavy atom. The van der Waals surface area contributed by atoms with Gasteiger partial charge in [0.25, 0.3) is 0 Å². The van der Waals surface area contributed by atoms with Crippen molar-refractivity contribution in [2.24, 2.45) is 0 Å². The molecule has 0 atom stereocenters. The van der Waals surface area contributed by atoms with Gasteiger partial charge < -0.3 is 37.9 Å². The topological polar surface area (TPSA) is 177 Å². The van der Waals surface area contributed by atoms with Crippen molar-refractivity contribution in [1.29, 1.82) is 0 Å². The van der Waals surface area contributed by atoms with Gasteiger partial charge in [0.05, 0.1) is 65.5 Å². The molecule has 0 radical (unpaired) electrons. The van der Waals surface area contributed by atoms with E-state index >= 15 is 0 Å². The molecule has 48 heteroatoms. The summed E-state index contributed by atoms with van der Waals surface area (Å²) in [6, 6.07) is 43.4. The quantitative estimate of drug-likeness (QED) is 0.0659. The Balaban J connectivity index is 0.000000218. The highest BCUT2D eigenvalue weighted by Crippen LogP contribution is 2.54. The fourth-order valence-corrected chi connectivity index (χ4v) is 15.5. The number of fused-ring (bicyclic) bond motifs is 8. The van der Waals surface area contributed by atoms with Crippen molar-refractivity contribution in [3.8, 4) is 135 Å². The van der Waals surface area contributed by atoms with Gasteiger partial charge in [0.15, 0.2) is 0 Å². The average molecular weight is 2190 g/mol. The predicted molar refractivity (Wildman–Crippen MR) is 499 cm³/mol. The van der Waals surface area contributed by atoms with Gasteiger partial charge in [0.1, 0.15) is 46.0 Å². The second-order valence-electron chi connectivity index (χ2n) is 29.0. The Kier molecular flexibility index (Phi) is 33.5. The summed E-state index contributed by atoms with van der Waals surface area (Å²) in [7, 11) is 0. The molecular weight excluding hydrogens is 2130 g/mol. The second-order valence-corrected chi connectivity index (χ2v) is 32.3. The third-order valence-corrected chi connectivity index (χ3v) is 19.9. The fourth-order valence-electron chi connectivity index (χ4n) is 15.5. The van der Waals surface area contributed by atoms with Crippen molar-refractivity contribution in [3.63, 3.8) is 0 Å². The Bertz CT molecular complexity index is 6400. The summed E-state index contributed by atoms with van der Waals surface area (Å²) in [5, 5.41) is 1.35. The molecule has 0 aliphatic carbocycles. The predicted octanol–water partition coefficient (Wildman–Crippen LogP) is 34.0. The number of nitrogens with zero attached hydrogens (tertiary/aromatic N) is 8. The summed E-state index contributed by atoms with van der Waals surface area (Å²) in [6.07, 6.45) is -31.5. The van der Waals surface area contributed by atoms with Crippen LogP contribution in [-0.4, -0.2) is 112 Å². The molecule has 8 aromatic heterocycles. The molecular formula is C96H52Cl8F24N8O8. The molecule has 0 bridgehead atoms. The van der Waals surface area contributed by atoms with E-state index in [1.807, 2.05) is 0 Å². The van der Waals surface area contributed by atoms with Crippen molar-refractivity contribution < 1.29 is 143 Å². The summed E-state index contributed by atoms with van der Waals surface area (Å²) in [5.74, 6) is -6.17. The summed E-state index contributed by atoms with van der Waals surface area (Å²) in [4.78, 5) is 35.3. The Hall–Kier alpha value is -13.5. The fraction of sp³-hybridized carbons (Fsp3) is 0.125. The van der Waals surface area contributed by atoms with Gasteiger partial charge in [-0.3, -0.25) is 39.9 Å². The second kappa shape index (κ2) is 44.8. The number of halogens is 32. The van der Waals surface area contributed by atoms with Crippen molar-refractivity contribution >= 4 is 180 Å². The molecule has 18 rings (SSSR count). The number of hydrogen-bond acceptors (Lipinski definition) is 16. The molecule has 748 valence electrons. The number of benzene rings is 10. The van der Waals surface area contributed by atoms with Gasteiger partial charge in [-0.15, -0.1) is 198 Å². The zero-order valence-electron chi connectivity index (χ0n) is 71.2. The van der Waals surface area contributed by atoms with Crippen LogP contribution in [0, 0.1) is 0 Å². The van der Waals surface area contributed by atoms with Crippen molar-refractivity contribution in [3.05, 3.63) is 268 Å². The first-order valence-corrected chi connectivity index (χ1v) is 44.3. The summed E-state index contributed by atoms with van der Waals surface area (Å²) in [6.45, 7) is 0. The standard InChI is InChI=1S/2C46H22F12N4O4.4CH2Cl2/c2*47-43(48,49)63-27-13-23-5-1-9-59-39(23)35(17-27)31-21-33(37-19-29(65-45(53,54)55)15-25-7-3-11-61-41(25)37)34(38-20-30(66-46(56,57)58)16-26-8-4-12-62-42(26)38)22-32(31)36-18-28(64-44(50,51)52)14-24-6-2-10-60-40(24)36;4*2-1-3/h2*1-22H;4*1H2. The third-order valence-electron chi connectivity index (χ3n) is 19.9.